The van der Waals surface area contributed by atoms with E-state index in [1.807, 2.05) is 37.3 Å². The summed E-state index contributed by atoms with van der Waals surface area (Å²) in [5.41, 5.74) is 9.07. The lowest BCUT2D eigenvalue weighted by Crippen LogP contribution is -2.00. The molecule has 2 rings (SSSR count). The van der Waals surface area contributed by atoms with Crippen LogP contribution in [0.1, 0.15) is 16.7 Å². The van der Waals surface area contributed by atoms with Gasteiger partial charge in [-0.1, -0.05) is 39.7 Å². The molecule has 0 heterocycles. The number of benzene rings is 2. The third-order valence-corrected chi connectivity index (χ3v) is 3.29. The number of hydrogen-bond acceptors (Lipinski definition) is 2. The van der Waals surface area contributed by atoms with Gasteiger partial charge < -0.3 is 10.5 Å². The Labute approximate surface area is 116 Å². The van der Waals surface area contributed by atoms with Crippen LogP contribution in [0.3, 0.4) is 0 Å². The van der Waals surface area contributed by atoms with Crippen LogP contribution in [-0.4, -0.2) is 0 Å². The second kappa shape index (κ2) is 5.55. The lowest BCUT2D eigenvalue weighted by molar-refractivity contribution is 0.472. The van der Waals surface area contributed by atoms with Gasteiger partial charge in [-0.25, -0.2) is 0 Å². The van der Waals surface area contributed by atoms with Crippen molar-refractivity contribution in [2.75, 3.05) is 0 Å². The van der Waals surface area contributed by atoms with E-state index in [-0.39, 0.29) is 0 Å². The molecule has 0 aromatic heterocycles. The number of rotatable bonds is 3. The molecule has 2 aromatic rings. The molecular weight excluding hydrogens is 290 g/mol. The van der Waals surface area contributed by atoms with Gasteiger partial charge in [0.15, 0.2) is 0 Å². The third-order valence-electron chi connectivity index (χ3n) is 2.80. The minimum absolute atomic E-state index is 0.466. The van der Waals surface area contributed by atoms with E-state index in [1.165, 1.54) is 5.56 Å². The predicted molar refractivity (Wildman–Crippen MR) is 78.0 cm³/mol. The van der Waals surface area contributed by atoms with Crippen LogP contribution in [0, 0.1) is 13.8 Å². The van der Waals surface area contributed by atoms with Crippen molar-refractivity contribution in [2.24, 2.45) is 5.73 Å². The van der Waals surface area contributed by atoms with Crippen molar-refractivity contribution in [1.82, 2.24) is 0 Å². The first-order chi connectivity index (χ1) is 8.60. The van der Waals surface area contributed by atoms with Crippen molar-refractivity contribution >= 4 is 15.9 Å². The number of hydrogen-bond donors (Lipinski definition) is 1. The summed E-state index contributed by atoms with van der Waals surface area (Å²) < 4.78 is 6.94. The first kappa shape index (κ1) is 13.1. The van der Waals surface area contributed by atoms with Gasteiger partial charge in [0, 0.05) is 16.6 Å². The summed E-state index contributed by atoms with van der Waals surface area (Å²) in [6, 6.07) is 12.0. The maximum atomic E-state index is 5.96. The van der Waals surface area contributed by atoms with Crippen LogP contribution in [0.2, 0.25) is 0 Å². The zero-order valence-electron chi connectivity index (χ0n) is 10.5. The molecule has 3 heteroatoms. The van der Waals surface area contributed by atoms with Gasteiger partial charge in [-0.2, -0.15) is 0 Å². The fraction of sp³-hybridized carbons (Fsp3) is 0.200. The van der Waals surface area contributed by atoms with Crippen molar-refractivity contribution in [3.05, 3.63) is 57.6 Å². The summed E-state index contributed by atoms with van der Waals surface area (Å²) in [5, 5.41) is 0. The Hall–Kier alpha value is -1.32. The summed E-state index contributed by atoms with van der Waals surface area (Å²) in [6.45, 7) is 4.58. The van der Waals surface area contributed by atoms with Crippen LogP contribution < -0.4 is 10.5 Å². The minimum atomic E-state index is 0.466. The number of nitrogens with two attached hydrogens (primary N) is 1. The van der Waals surface area contributed by atoms with E-state index >= 15 is 0 Å². The zero-order chi connectivity index (χ0) is 13.1. The largest absolute Gasteiger partial charge is 0.457 e. The molecule has 0 bridgehead atoms. The molecule has 0 aliphatic heterocycles. The molecule has 0 aliphatic rings. The molecule has 0 aliphatic carbocycles. The fourth-order valence-corrected chi connectivity index (χ4v) is 2.16. The van der Waals surface area contributed by atoms with Gasteiger partial charge in [0.25, 0.3) is 0 Å². The molecular formula is C15H16BrNO. The Bertz CT molecular complexity index is 566. The summed E-state index contributed by atoms with van der Waals surface area (Å²) in [7, 11) is 0. The van der Waals surface area contributed by atoms with E-state index < -0.39 is 0 Å². The van der Waals surface area contributed by atoms with Gasteiger partial charge in [0.1, 0.15) is 11.5 Å². The highest BCUT2D eigenvalue weighted by molar-refractivity contribution is 9.10. The Kier molecular flexibility index (Phi) is 4.04. The normalized spacial score (nSPS) is 10.4. The first-order valence-electron chi connectivity index (χ1n) is 5.84. The Morgan fingerprint density at radius 2 is 1.83 bits per heavy atom. The second-order valence-electron chi connectivity index (χ2n) is 4.33. The van der Waals surface area contributed by atoms with Crippen LogP contribution in [0.4, 0.5) is 0 Å². The smallest absolute Gasteiger partial charge is 0.133 e. The monoisotopic (exact) mass is 305 g/mol. The molecule has 0 unspecified atom stereocenters. The third kappa shape index (κ3) is 2.92. The van der Waals surface area contributed by atoms with Gasteiger partial charge in [0.2, 0.25) is 0 Å². The quantitative estimate of drug-likeness (QED) is 0.916. The van der Waals surface area contributed by atoms with Crippen LogP contribution in [0.15, 0.2) is 40.9 Å². The van der Waals surface area contributed by atoms with E-state index in [0.717, 1.165) is 27.1 Å². The van der Waals surface area contributed by atoms with E-state index in [4.69, 9.17) is 10.5 Å². The fourth-order valence-electron chi connectivity index (χ4n) is 1.82. The SMILES string of the molecule is Cc1ccc(Oc2cc(Br)ccc2CN)c(C)c1. The number of aryl methyl sites for hydroxylation is 2. The van der Waals surface area contributed by atoms with Crippen LogP contribution >= 0.6 is 15.9 Å². The van der Waals surface area contributed by atoms with E-state index in [2.05, 4.69) is 28.9 Å². The maximum absolute atomic E-state index is 5.96. The van der Waals surface area contributed by atoms with Crippen LogP contribution in [0.25, 0.3) is 0 Å². The van der Waals surface area contributed by atoms with Gasteiger partial charge in [-0.05, 0) is 37.6 Å². The molecule has 2 aromatic carbocycles. The van der Waals surface area contributed by atoms with Crippen molar-refractivity contribution in [3.63, 3.8) is 0 Å². The Morgan fingerprint density at radius 1 is 1.06 bits per heavy atom. The average molecular weight is 306 g/mol. The molecule has 0 spiro atoms. The first-order valence-corrected chi connectivity index (χ1v) is 6.63. The molecule has 2 nitrogen and oxygen atoms in total. The van der Waals surface area contributed by atoms with Crippen molar-refractivity contribution in [1.29, 1.82) is 0 Å². The van der Waals surface area contributed by atoms with Crippen molar-refractivity contribution in [3.8, 4) is 11.5 Å². The molecule has 0 saturated heterocycles. The second-order valence-corrected chi connectivity index (χ2v) is 5.24. The number of halogens is 1. The van der Waals surface area contributed by atoms with Gasteiger partial charge >= 0.3 is 0 Å². The van der Waals surface area contributed by atoms with Crippen LogP contribution in [-0.2, 0) is 6.54 Å². The summed E-state index contributed by atoms with van der Waals surface area (Å²) in [6.07, 6.45) is 0. The molecule has 2 N–H and O–H groups in total. The summed E-state index contributed by atoms with van der Waals surface area (Å²) in [5.74, 6) is 1.67. The van der Waals surface area contributed by atoms with Gasteiger partial charge in [-0.3, -0.25) is 0 Å². The minimum Gasteiger partial charge on any atom is -0.457 e. The molecule has 18 heavy (non-hydrogen) atoms. The predicted octanol–water partition coefficient (Wildman–Crippen LogP) is 4.32. The van der Waals surface area contributed by atoms with Gasteiger partial charge in [-0.15, -0.1) is 0 Å². The van der Waals surface area contributed by atoms with Crippen molar-refractivity contribution in [2.45, 2.75) is 20.4 Å². The average Bonchev–Trinajstić information content (AvgIpc) is 2.33. The zero-order valence-corrected chi connectivity index (χ0v) is 12.1. The highest BCUT2D eigenvalue weighted by Crippen LogP contribution is 2.30. The maximum Gasteiger partial charge on any atom is 0.133 e. The summed E-state index contributed by atoms with van der Waals surface area (Å²) in [4.78, 5) is 0. The molecule has 0 amide bonds. The highest BCUT2D eigenvalue weighted by Gasteiger charge is 2.06. The molecule has 0 radical (unpaired) electrons. The van der Waals surface area contributed by atoms with Crippen molar-refractivity contribution < 1.29 is 4.74 Å². The van der Waals surface area contributed by atoms with Crippen LogP contribution in [0.5, 0.6) is 11.5 Å². The topological polar surface area (TPSA) is 35.2 Å². The molecule has 94 valence electrons. The van der Waals surface area contributed by atoms with E-state index in [9.17, 15) is 0 Å². The van der Waals surface area contributed by atoms with E-state index in [1.54, 1.807) is 0 Å². The van der Waals surface area contributed by atoms with Gasteiger partial charge in [0.05, 0.1) is 0 Å². The molecule has 0 fully saturated rings. The Morgan fingerprint density at radius 3 is 2.50 bits per heavy atom. The standard InChI is InChI=1S/C15H16BrNO/c1-10-3-6-14(11(2)7-10)18-15-8-13(16)5-4-12(15)9-17/h3-8H,9,17H2,1-2H3. The summed E-state index contributed by atoms with van der Waals surface area (Å²) >= 11 is 3.45. The molecule has 0 atom stereocenters. The lowest BCUT2D eigenvalue weighted by Gasteiger charge is -2.13. The lowest BCUT2D eigenvalue weighted by atomic mass is 10.1. The highest BCUT2D eigenvalue weighted by atomic mass is 79.9. The number of ether oxygens (including phenoxy) is 1. The Balaban J connectivity index is 2.36. The molecule has 0 saturated carbocycles. The van der Waals surface area contributed by atoms with E-state index in [0.29, 0.717) is 6.54 Å².